The van der Waals surface area contributed by atoms with E-state index in [0.29, 0.717) is 0 Å². The molecule has 8 heteroatoms. The van der Waals surface area contributed by atoms with Gasteiger partial charge in [0.25, 0.3) is 0 Å². The standard InChI is InChI=1S/C13H24N2O6/c1-7(2)5-15(6-9(16)11(17)18)13(21)14-10(8(3)4)12(19)20/h7-10,16H,5-6H2,1-4H3,(H,14,21)(H,17,18)(H,19,20)/t9-,10-/m0/s1. The van der Waals surface area contributed by atoms with Crippen molar-refractivity contribution >= 4 is 18.0 Å². The van der Waals surface area contributed by atoms with Gasteiger partial charge in [-0.25, -0.2) is 14.4 Å². The van der Waals surface area contributed by atoms with Gasteiger partial charge < -0.3 is 25.5 Å². The van der Waals surface area contributed by atoms with Crippen molar-refractivity contribution in [1.82, 2.24) is 10.2 Å². The summed E-state index contributed by atoms with van der Waals surface area (Å²) in [6.45, 7) is 6.76. The second-order valence-electron chi connectivity index (χ2n) is 5.66. The summed E-state index contributed by atoms with van der Waals surface area (Å²) in [7, 11) is 0. The molecule has 0 saturated carbocycles. The highest BCUT2D eigenvalue weighted by atomic mass is 16.4. The molecule has 0 aromatic heterocycles. The third-order valence-electron chi connectivity index (χ3n) is 2.76. The van der Waals surface area contributed by atoms with E-state index in [4.69, 9.17) is 10.2 Å². The van der Waals surface area contributed by atoms with Gasteiger partial charge in [0.2, 0.25) is 0 Å². The Bertz CT molecular complexity index is 383. The SMILES string of the molecule is CC(C)CN(C[C@H](O)C(=O)O)C(=O)N[C@H](C(=O)O)C(C)C. The quantitative estimate of drug-likeness (QED) is 0.507. The van der Waals surface area contributed by atoms with Gasteiger partial charge in [0.15, 0.2) is 6.10 Å². The Kier molecular flexibility index (Phi) is 7.72. The second kappa shape index (κ2) is 8.46. The van der Waals surface area contributed by atoms with Crippen molar-refractivity contribution in [2.24, 2.45) is 11.8 Å². The first-order chi connectivity index (χ1) is 9.56. The predicted octanol–water partition coefficient (Wildman–Crippen LogP) is 0.209. The number of hydrogen-bond donors (Lipinski definition) is 4. The van der Waals surface area contributed by atoms with Crippen LogP contribution in [0.4, 0.5) is 4.79 Å². The Balaban J connectivity index is 4.93. The second-order valence-corrected chi connectivity index (χ2v) is 5.66. The molecule has 0 spiro atoms. The van der Waals surface area contributed by atoms with Crippen LogP contribution in [-0.4, -0.2) is 63.4 Å². The third kappa shape index (κ3) is 6.94. The Morgan fingerprint density at radius 1 is 1.00 bits per heavy atom. The maximum Gasteiger partial charge on any atom is 0.334 e. The zero-order valence-corrected chi connectivity index (χ0v) is 12.7. The number of nitrogens with zero attached hydrogens (tertiary/aromatic N) is 1. The molecule has 0 heterocycles. The smallest absolute Gasteiger partial charge is 0.334 e. The molecule has 0 aromatic rings. The van der Waals surface area contributed by atoms with Gasteiger partial charge in [-0.1, -0.05) is 27.7 Å². The van der Waals surface area contributed by atoms with Gasteiger partial charge in [-0.2, -0.15) is 0 Å². The zero-order valence-electron chi connectivity index (χ0n) is 12.7. The molecule has 8 nitrogen and oxygen atoms in total. The molecule has 4 N–H and O–H groups in total. The number of carboxylic acid groups (broad SMARTS) is 2. The van der Waals surface area contributed by atoms with Gasteiger partial charge in [0.05, 0.1) is 6.54 Å². The molecule has 2 amide bonds. The summed E-state index contributed by atoms with van der Waals surface area (Å²) in [5.74, 6) is -2.88. The van der Waals surface area contributed by atoms with Gasteiger partial charge >= 0.3 is 18.0 Å². The average molecular weight is 304 g/mol. The molecule has 0 bridgehead atoms. The molecular formula is C13H24N2O6. The highest BCUT2D eigenvalue weighted by Gasteiger charge is 2.28. The minimum absolute atomic E-state index is 0.0408. The fourth-order valence-electron chi connectivity index (χ4n) is 1.71. The number of rotatable bonds is 8. The Morgan fingerprint density at radius 2 is 1.52 bits per heavy atom. The van der Waals surface area contributed by atoms with Crippen LogP contribution in [0.1, 0.15) is 27.7 Å². The molecule has 0 aromatic carbocycles. The van der Waals surface area contributed by atoms with E-state index in [2.05, 4.69) is 5.32 Å². The van der Waals surface area contributed by atoms with Crippen molar-refractivity contribution in [3.8, 4) is 0 Å². The molecular weight excluding hydrogens is 280 g/mol. The molecule has 2 atom stereocenters. The number of urea groups is 1. The van der Waals surface area contributed by atoms with Gasteiger partial charge in [-0.3, -0.25) is 0 Å². The Morgan fingerprint density at radius 3 is 1.86 bits per heavy atom. The molecule has 21 heavy (non-hydrogen) atoms. The Labute approximate surface area is 123 Å². The van der Waals surface area contributed by atoms with E-state index in [0.717, 1.165) is 4.90 Å². The first-order valence-corrected chi connectivity index (χ1v) is 6.75. The number of hydrogen-bond acceptors (Lipinski definition) is 4. The van der Waals surface area contributed by atoms with Crippen LogP contribution < -0.4 is 5.32 Å². The number of aliphatic hydroxyl groups excluding tert-OH is 1. The summed E-state index contributed by atoms with van der Waals surface area (Å²) in [5, 5.41) is 29.5. The monoisotopic (exact) mass is 304 g/mol. The van der Waals surface area contributed by atoms with Crippen molar-refractivity contribution in [2.45, 2.75) is 39.8 Å². The van der Waals surface area contributed by atoms with E-state index in [1.165, 1.54) is 0 Å². The van der Waals surface area contributed by atoms with Crippen LogP contribution in [-0.2, 0) is 9.59 Å². The Hall–Kier alpha value is -1.83. The van der Waals surface area contributed by atoms with E-state index >= 15 is 0 Å². The van der Waals surface area contributed by atoms with Gasteiger partial charge in [0, 0.05) is 6.54 Å². The highest BCUT2D eigenvalue weighted by Crippen LogP contribution is 2.06. The minimum atomic E-state index is -1.71. The largest absolute Gasteiger partial charge is 0.480 e. The average Bonchev–Trinajstić information content (AvgIpc) is 2.32. The fourth-order valence-corrected chi connectivity index (χ4v) is 1.71. The lowest BCUT2D eigenvalue weighted by Crippen LogP contribution is -2.53. The van der Waals surface area contributed by atoms with Crippen molar-refractivity contribution in [1.29, 1.82) is 0 Å². The van der Waals surface area contributed by atoms with Crippen molar-refractivity contribution in [3.63, 3.8) is 0 Å². The number of aliphatic carboxylic acids is 2. The van der Waals surface area contributed by atoms with Crippen LogP contribution in [0.3, 0.4) is 0 Å². The predicted molar refractivity (Wildman–Crippen MR) is 74.8 cm³/mol. The normalized spacial score (nSPS) is 13.9. The molecule has 0 radical (unpaired) electrons. The number of amides is 2. The van der Waals surface area contributed by atoms with E-state index in [9.17, 15) is 19.5 Å². The molecule has 0 fully saturated rings. The minimum Gasteiger partial charge on any atom is -0.480 e. The lowest BCUT2D eigenvalue weighted by molar-refractivity contribution is -0.147. The molecule has 0 saturated heterocycles. The topological polar surface area (TPSA) is 127 Å². The number of carboxylic acids is 2. The summed E-state index contributed by atoms with van der Waals surface area (Å²) in [6.07, 6.45) is -1.71. The van der Waals surface area contributed by atoms with E-state index < -0.39 is 36.7 Å². The summed E-state index contributed by atoms with van der Waals surface area (Å²) >= 11 is 0. The first kappa shape index (κ1) is 19.2. The first-order valence-electron chi connectivity index (χ1n) is 6.75. The van der Waals surface area contributed by atoms with Crippen LogP contribution in [0.2, 0.25) is 0 Å². The maximum absolute atomic E-state index is 12.1. The zero-order chi connectivity index (χ0) is 16.7. The lowest BCUT2D eigenvalue weighted by atomic mass is 10.1. The molecule has 0 unspecified atom stereocenters. The van der Waals surface area contributed by atoms with Gasteiger partial charge in [0.1, 0.15) is 6.04 Å². The number of aliphatic hydroxyl groups is 1. The van der Waals surface area contributed by atoms with E-state index in [-0.39, 0.29) is 18.4 Å². The van der Waals surface area contributed by atoms with Crippen LogP contribution in [0.25, 0.3) is 0 Å². The van der Waals surface area contributed by atoms with Gasteiger partial charge in [-0.15, -0.1) is 0 Å². The molecule has 122 valence electrons. The van der Waals surface area contributed by atoms with Crippen LogP contribution >= 0.6 is 0 Å². The fraction of sp³-hybridized carbons (Fsp3) is 0.769. The number of carbonyl (C=O) groups excluding carboxylic acids is 1. The highest BCUT2D eigenvalue weighted by molar-refractivity contribution is 5.83. The molecule has 0 aliphatic rings. The number of nitrogens with one attached hydrogen (secondary N) is 1. The van der Waals surface area contributed by atoms with Gasteiger partial charge in [-0.05, 0) is 11.8 Å². The summed E-state index contributed by atoms with van der Waals surface area (Å²) in [6, 6.07) is -1.78. The van der Waals surface area contributed by atoms with Crippen molar-refractivity contribution in [3.05, 3.63) is 0 Å². The van der Waals surface area contributed by atoms with Crippen molar-refractivity contribution in [2.75, 3.05) is 13.1 Å². The summed E-state index contributed by atoms with van der Waals surface area (Å²) in [4.78, 5) is 35.0. The lowest BCUT2D eigenvalue weighted by Gasteiger charge is -2.28. The maximum atomic E-state index is 12.1. The molecule has 0 rings (SSSR count). The summed E-state index contributed by atoms with van der Waals surface area (Å²) in [5.41, 5.74) is 0. The van der Waals surface area contributed by atoms with Crippen LogP contribution in [0.5, 0.6) is 0 Å². The number of carbonyl (C=O) groups is 3. The van der Waals surface area contributed by atoms with Crippen molar-refractivity contribution < 1.29 is 29.7 Å². The van der Waals surface area contributed by atoms with Crippen LogP contribution in [0, 0.1) is 11.8 Å². The molecule has 0 aliphatic heterocycles. The van der Waals surface area contributed by atoms with E-state index in [1.54, 1.807) is 13.8 Å². The third-order valence-corrected chi connectivity index (χ3v) is 2.76. The van der Waals surface area contributed by atoms with E-state index in [1.807, 2.05) is 13.8 Å². The molecule has 0 aliphatic carbocycles. The van der Waals surface area contributed by atoms with Crippen LogP contribution in [0.15, 0.2) is 0 Å². The summed E-state index contributed by atoms with van der Waals surface area (Å²) < 4.78 is 0.